The summed E-state index contributed by atoms with van der Waals surface area (Å²) in [6.45, 7) is 3.86. The number of aromatic nitrogens is 1. The Kier molecular flexibility index (Phi) is 3.56. The van der Waals surface area contributed by atoms with E-state index in [0.717, 1.165) is 0 Å². The van der Waals surface area contributed by atoms with Gasteiger partial charge in [-0.1, -0.05) is 6.08 Å². The third kappa shape index (κ3) is 2.91. The molecule has 0 saturated heterocycles. The highest BCUT2D eigenvalue weighted by Gasteiger charge is 2.06. The summed E-state index contributed by atoms with van der Waals surface area (Å²) in [6.07, 6.45) is 2.88. The Hall–Kier alpha value is -2.17. The molecule has 0 fully saturated rings. The maximum absolute atomic E-state index is 11.4. The van der Waals surface area contributed by atoms with Crippen LogP contribution >= 0.6 is 0 Å². The largest absolute Gasteiger partial charge is 0.364 e. The lowest BCUT2D eigenvalue weighted by Crippen LogP contribution is -2.23. The van der Waals surface area contributed by atoms with Crippen molar-refractivity contribution in [1.29, 1.82) is 0 Å². The zero-order valence-electron chi connectivity index (χ0n) is 8.06. The second kappa shape index (κ2) is 4.90. The molecule has 5 nitrogen and oxygen atoms in total. The molecule has 0 radical (unpaired) electrons. The van der Waals surface area contributed by atoms with Gasteiger partial charge in [-0.05, 0) is 12.1 Å². The van der Waals surface area contributed by atoms with Gasteiger partial charge >= 0.3 is 0 Å². The lowest BCUT2D eigenvalue weighted by atomic mass is 10.2. The Morgan fingerprint density at radius 1 is 1.53 bits per heavy atom. The summed E-state index contributed by atoms with van der Waals surface area (Å²) < 4.78 is 0. The minimum Gasteiger partial charge on any atom is -0.364 e. The number of primary amides is 1. The highest BCUT2D eigenvalue weighted by Crippen LogP contribution is 1.99. The summed E-state index contributed by atoms with van der Waals surface area (Å²) in [5, 5.41) is 2.58. The molecule has 1 rings (SSSR count). The highest BCUT2D eigenvalue weighted by molar-refractivity contribution is 5.95. The van der Waals surface area contributed by atoms with Crippen molar-refractivity contribution in [3.63, 3.8) is 0 Å². The van der Waals surface area contributed by atoms with E-state index in [1.165, 1.54) is 18.3 Å². The number of hydrogen-bond acceptors (Lipinski definition) is 3. The van der Waals surface area contributed by atoms with Crippen LogP contribution in [0.2, 0.25) is 0 Å². The van der Waals surface area contributed by atoms with Crippen molar-refractivity contribution >= 4 is 11.8 Å². The van der Waals surface area contributed by atoms with Gasteiger partial charge in [0.2, 0.25) is 0 Å². The molecule has 0 atom stereocenters. The number of amides is 2. The Morgan fingerprint density at radius 3 is 2.73 bits per heavy atom. The summed E-state index contributed by atoms with van der Waals surface area (Å²) in [5.41, 5.74) is 5.52. The average Bonchev–Trinajstić information content (AvgIpc) is 2.26. The maximum Gasteiger partial charge on any atom is 0.267 e. The monoisotopic (exact) mass is 205 g/mol. The van der Waals surface area contributed by atoms with Crippen LogP contribution in [0.15, 0.2) is 31.0 Å². The van der Waals surface area contributed by atoms with Gasteiger partial charge in [0.15, 0.2) is 0 Å². The van der Waals surface area contributed by atoms with Crippen LogP contribution in [-0.4, -0.2) is 23.3 Å². The van der Waals surface area contributed by atoms with Crippen molar-refractivity contribution in [2.24, 2.45) is 5.73 Å². The lowest BCUT2D eigenvalue weighted by Gasteiger charge is -2.01. The fourth-order valence-electron chi connectivity index (χ4n) is 0.941. The topological polar surface area (TPSA) is 85.1 Å². The molecule has 0 aliphatic rings. The van der Waals surface area contributed by atoms with Crippen LogP contribution in [0.3, 0.4) is 0 Å². The summed E-state index contributed by atoms with van der Waals surface area (Å²) in [6, 6.07) is 2.90. The standard InChI is InChI=1S/C10H11N3O2/c1-2-5-12-10(15)7-3-4-8(9(11)14)13-6-7/h2-4,6H,1,5H2,(H2,11,14)(H,12,15). The molecule has 15 heavy (non-hydrogen) atoms. The number of carbonyl (C=O) groups is 2. The first-order valence-electron chi connectivity index (χ1n) is 4.30. The summed E-state index contributed by atoms with van der Waals surface area (Å²) in [7, 11) is 0. The fourth-order valence-corrected chi connectivity index (χ4v) is 0.941. The van der Waals surface area contributed by atoms with Crippen molar-refractivity contribution in [3.8, 4) is 0 Å². The van der Waals surface area contributed by atoms with Gasteiger partial charge in [-0.3, -0.25) is 14.6 Å². The number of hydrogen-bond donors (Lipinski definition) is 2. The molecule has 1 heterocycles. The Balaban J connectivity index is 2.75. The molecule has 0 bridgehead atoms. The van der Waals surface area contributed by atoms with Gasteiger partial charge in [0.05, 0.1) is 5.56 Å². The number of rotatable bonds is 4. The van der Waals surface area contributed by atoms with Gasteiger partial charge in [0.25, 0.3) is 11.8 Å². The van der Waals surface area contributed by atoms with Crippen LogP contribution in [0, 0.1) is 0 Å². The molecule has 0 aliphatic heterocycles. The number of nitrogens with two attached hydrogens (primary N) is 1. The van der Waals surface area contributed by atoms with Crippen molar-refractivity contribution in [1.82, 2.24) is 10.3 Å². The van der Waals surface area contributed by atoms with Crippen molar-refractivity contribution < 1.29 is 9.59 Å². The second-order valence-corrected chi connectivity index (χ2v) is 2.80. The first-order valence-corrected chi connectivity index (χ1v) is 4.30. The van der Waals surface area contributed by atoms with E-state index >= 15 is 0 Å². The zero-order valence-corrected chi connectivity index (χ0v) is 8.06. The van der Waals surface area contributed by atoms with Gasteiger partial charge in [0, 0.05) is 12.7 Å². The van der Waals surface area contributed by atoms with E-state index in [1.54, 1.807) is 6.08 Å². The molecular weight excluding hydrogens is 194 g/mol. The zero-order chi connectivity index (χ0) is 11.3. The lowest BCUT2D eigenvalue weighted by molar-refractivity contribution is 0.0953. The van der Waals surface area contributed by atoms with Gasteiger partial charge in [-0.15, -0.1) is 6.58 Å². The van der Waals surface area contributed by atoms with E-state index < -0.39 is 5.91 Å². The molecule has 5 heteroatoms. The average molecular weight is 205 g/mol. The molecular formula is C10H11N3O2. The van der Waals surface area contributed by atoms with Crippen molar-refractivity contribution in [2.75, 3.05) is 6.54 Å². The van der Waals surface area contributed by atoms with Crippen LogP contribution in [0.4, 0.5) is 0 Å². The quantitative estimate of drug-likeness (QED) is 0.683. The van der Waals surface area contributed by atoms with Crippen LogP contribution < -0.4 is 11.1 Å². The van der Waals surface area contributed by atoms with Crippen LogP contribution in [0.5, 0.6) is 0 Å². The Morgan fingerprint density at radius 2 is 2.27 bits per heavy atom. The minimum absolute atomic E-state index is 0.135. The minimum atomic E-state index is -0.618. The van der Waals surface area contributed by atoms with Crippen molar-refractivity contribution in [2.45, 2.75) is 0 Å². The molecule has 1 aromatic rings. The number of carbonyl (C=O) groups excluding carboxylic acids is 2. The van der Waals surface area contributed by atoms with E-state index in [9.17, 15) is 9.59 Å². The fraction of sp³-hybridized carbons (Fsp3) is 0.100. The first kappa shape index (κ1) is 10.9. The predicted molar refractivity (Wildman–Crippen MR) is 55.3 cm³/mol. The second-order valence-electron chi connectivity index (χ2n) is 2.80. The number of pyridine rings is 1. The van der Waals surface area contributed by atoms with Gasteiger partial charge in [0.1, 0.15) is 5.69 Å². The molecule has 1 aromatic heterocycles. The summed E-state index contributed by atoms with van der Waals surface area (Å²) in [5.74, 6) is -0.883. The van der Waals surface area contributed by atoms with E-state index in [2.05, 4.69) is 16.9 Å². The number of nitrogens with one attached hydrogen (secondary N) is 1. The van der Waals surface area contributed by atoms with E-state index in [1.807, 2.05) is 0 Å². The SMILES string of the molecule is C=CCNC(=O)c1ccc(C(N)=O)nc1. The summed E-state index contributed by atoms with van der Waals surface area (Å²) >= 11 is 0. The Labute approximate surface area is 87.0 Å². The normalized spacial score (nSPS) is 9.33. The molecule has 0 aromatic carbocycles. The Bertz CT molecular complexity index is 384. The number of nitrogens with zero attached hydrogens (tertiary/aromatic N) is 1. The highest BCUT2D eigenvalue weighted by atomic mass is 16.2. The third-order valence-electron chi connectivity index (χ3n) is 1.69. The summed E-state index contributed by atoms with van der Waals surface area (Å²) in [4.78, 5) is 25.8. The smallest absolute Gasteiger partial charge is 0.267 e. The van der Waals surface area contributed by atoms with E-state index in [4.69, 9.17) is 5.73 Å². The van der Waals surface area contributed by atoms with Gasteiger partial charge < -0.3 is 11.1 Å². The molecule has 2 amide bonds. The van der Waals surface area contributed by atoms with Gasteiger partial charge in [-0.2, -0.15) is 0 Å². The molecule has 0 saturated carbocycles. The van der Waals surface area contributed by atoms with Crippen LogP contribution in [0.25, 0.3) is 0 Å². The van der Waals surface area contributed by atoms with E-state index in [0.29, 0.717) is 12.1 Å². The molecule has 0 unspecified atom stereocenters. The first-order chi connectivity index (χ1) is 7.15. The molecule has 3 N–H and O–H groups in total. The van der Waals surface area contributed by atoms with E-state index in [-0.39, 0.29) is 11.6 Å². The van der Waals surface area contributed by atoms with Crippen LogP contribution in [0.1, 0.15) is 20.8 Å². The molecule has 0 spiro atoms. The third-order valence-corrected chi connectivity index (χ3v) is 1.69. The van der Waals surface area contributed by atoms with Gasteiger partial charge in [-0.25, -0.2) is 0 Å². The molecule has 0 aliphatic carbocycles. The predicted octanol–water partition coefficient (Wildman–Crippen LogP) is 0.0963. The van der Waals surface area contributed by atoms with Crippen LogP contribution in [-0.2, 0) is 0 Å². The molecule has 78 valence electrons. The maximum atomic E-state index is 11.4. The van der Waals surface area contributed by atoms with Crippen molar-refractivity contribution in [3.05, 3.63) is 42.2 Å².